The Bertz CT molecular complexity index is 660. The van der Waals surface area contributed by atoms with Crippen molar-refractivity contribution in [3.63, 3.8) is 0 Å². The summed E-state index contributed by atoms with van der Waals surface area (Å²) in [6.07, 6.45) is 2.57. The number of nitrogens with one attached hydrogen (secondary N) is 2. The molecule has 5 heteroatoms. The molecule has 2 heterocycles. The first-order chi connectivity index (χ1) is 11.7. The average Bonchev–Trinajstić information content (AvgIpc) is 3.25. The van der Waals surface area contributed by atoms with Crippen LogP contribution in [0.5, 0.6) is 0 Å². The van der Waals surface area contributed by atoms with Crippen molar-refractivity contribution in [3.05, 3.63) is 51.7 Å². The SMILES string of the molecule is Cc1ccsc1CNc1ccc(C(=O)NCCN2CCCC2)cc1. The number of hydrogen-bond donors (Lipinski definition) is 2. The van der Waals surface area contributed by atoms with Crippen LogP contribution in [0.25, 0.3) is 0 Å². The van der Waals surface area contributed by atoms with Gasteiger partial charge < -0.3 is 15.5 Å². The lowest BCUT2D eigenvalue weighted by atomic mass is 10.2. The summed E-state index contributed by atoms with van der Waals surface area (Å²) < 4.78 is 0. The second-order valence-corrected chi connectivity index (χ2v) is 7.26. The molecule has 3 rings (SSSR count). The van der Waals surface area contributed by atoms with Crippen LogP contribution in [-0.2, 0) is 6.54 Å². The van der Waals surface area contributed by atoms with Gasteiger partial charge in [0, 0.05) is 35.8 Å². The number of likely N-dealkylation sites (tertiary alicyclic amines) is 1. The van der Waals surface area contributed by atoms with Crippen molar-refractivity contribution in [2.45, 2.75) is 26.3 Å². The van der Waals surface area contributed by atoms with Gasteiger partial charge in [0.05, 0.1) is 0 Å². The smallest absolute Gasteiger partial charge is 0.251 e. The predicted molar refractivity (Wildman–Crippen MR) is 101 cm³/mol. The molecule has 1 aliphatic rings. The fourth-order valence-electron chi connectivity index (χ4n) is 2.94. The molecule has 1 amide bonds. The number of amides is 1. The van der Waals surface area contributed by atoms with E-state index < -0.39 is 0 Å². The molecule has 1 aliphatic heterocycles. The van der Waals surface area contributed by atoms with Crippen LogP contribution < -0.4 is 10.6 Å². The lowest BCUT2D eigenvalue weighted by molar-refractivity contribution is 0.0950. The van der Waals surface area contributed by atoms with Crippen LogP contribution in [-0.4, -0.2) is 37.0 Å². The van der Waals surface area contributed by atoms with Crippen molar-refractivity contribution >= 4 is 22.9 Å². The number of rotatable bonds is 7. The zero-order valence-corrected chi connectivity index (χ0v) is 15.0. The van der Waals surface area contributed by atoms with Gasteiger partial charge in [0.1, 0.15) is 0 Å². The highest BCUT2D eigenvalue weighted by Gasteiger charge is 2.11. The molecule has 0 unspecified atom stereocenters. The molecule has 4 nitrogen and oxygen atoms in total. The number of carbonyl (C=O) groups is 1. The first-order valence-electron chi connectivity index (χ1n) is 8.60. The highest BCUT2D eigenvalue weighted by atomic mass is 32.1. The molecule has 0 saturated carbocycles. The van der Waals surface area contributed by atoms with Gasteiger partial charge in [-0.2, -0.15) is 0 Å². The number of carbonyl (C=O) groups excluding carboxylic acids is 1. The number of nitrogens with zero attached hydrogens (tertiary/aromatic N) is 1. The first kappa shape index (κ1) is 17.0. The Morgan fingerprint density at radius 3 is 2.58 bits per heavy atom. The van der Waals surface area contributed by atoms with Gasteiger partial charge in [-0.15, -0.1) is 11.3 Å². The zero-order chi connectivity index (χ0) is 16.8. The molecule has 2 N–H and O–H groups in total. The molecular weight excluding hydrogens is 318 g/mol. The molecule has 1 saturated heterocycles. The second-order valence-electron chi connectivity index (χ2n) is 6.26. The van der Waals surface area contributed by atoms with E-state index in [4.69, 9.17) is 0 Å². The number of aryl methyl sites for hydroxylation is 1. The van der Waals surface area contributed by atoms with Crippen molar-refractivity contribution in [2.24, 2.45) is 0 Å². The van der Waals surface area contributed by atoms with E-state index in [0.29, 0.717) is 5.56 Å². The Hall–Kier alpha value is -1.85. The monoisotopic (exact) mass is 343 g/mol. The van der Waals surface area contributed by atoms with Crippen LogP contribution in [0.3, 0.4) is 0 Å². The van der Waals surface area contributed by atoms with E-state index in [1.165, 1.54) is 36.4 Å². The normalized spacial score (nSPS) is 14.7. The zero-order valence-electron chi connectivity index (χ0n) is 14.2. The number of benzene rings is 1. The Morgan fingerprint density at radius 2 is 1.92 bits per heavy atom. The second kappa shape index (κ2) is 8.31. The summed E-state index contributed by atoms with van der Waals surface area (Å²) in [6, 6.07) is 9.84. The van der Waals surface area contributed by atoms with Gasteiger partial charge >= 0.3 is 0 Å². The molecule has 0 spiro atoms. The lowest BCUT2D eigenvalue weighted by Crippen LogP contribution is -2.33. The molecule has 2 aromatic rings. The average molecular weight is 343 g/mol. The molecule has 1 aromatic carbocycles. The molecule has 1 fully saturated rings. The van der Waals surface area contributed by atoms with Gasteiger partial charge in [-0.1, -0.05) is 0 Å². The maximum Gasteiger partial charge on any atom is 0.251 e. The quantitative estimate of drug-likeness (QED) is 0.809. The van der Waals surface area contributed by atoms with E-state index in [0.717, 1.165) is 25.3 Å². The standard InChI is InChI=1S/C19H25N3OS/c1-15-8-13-24-18(15)14-21-17-6-4-16(5-7-17)19(23)20-9-12-22-10-2-3-11-22/h4-8,13,21H,2-3,9-12,14H2,1H3,(H,20,23). The molecule has 0 atom stereocenters. The molecule has 0 radical (unpaired) electrons. The van der Waals surface area contributed by atoms with Crippen LogP contribution in [0.1, 0.15) is 33.6 Å². The summed E-state index contributed by atoms with van der Waals surface area (Å²) in [5.74, 6) is 0.00912. The lowest BCUT2D eigenvalue weighted by Gasteiger charge is -2.14. The van der Waals surface area contributed by atoms with Crippen LogP contribution in [0.4, 0.5) is 5.69 Å². The first-order valence-corrected chi connectivity index (χ1v) is 9.48. The van der Waals surface area contributed by atoms with Crippen molar-refractivity contribution in [1.29, 1.82) is 0 Å². The third-order valence-corrected chi connectivity index (χ3v) is 5.50. The Morgan fingerprint density at radius 1 is 1.17 bits per heavy atom. The molecule has 0 aliphatic carbocycles. The van der Waals surface area contributed by atoms with E-state index in [1.807, 2.05) is 24.3 Å². The Balaban J connectivity index is 1.44. The minimum Gasteiger partial charge on any atom is -0.380 e. The minimum absolute atomic E-state index is 0.00912. The summed E-state index contributed by atoms with van der Waals surface area (Å²) in [5.41, 5.74) is 3.08. The topological polar surface area (TPSA) is 44.4 Å². The summed E-state index contributed by atoms with van der Waals surface area (Å²) >= 11 is 1.77. The van der Waals surface area contributed by atoms with E-state index in [-0.39, 0.29) is 5.91 Å². The van der Waals surface area contributed by atoms with Crippen molar-refractivity contribution < 1.29 is 4.79 Å². The van der Waals surface area contributed by atoms with Crippen molar-refractivity contribution in [3.8, 4) is 0 Å². The third-order valence-electron chi connectivity index (χ3n) is 4.48. The third kappa shape index (κ3) is 4.58. The number of hydrogen-bond acceptors (Lipinski definition) is 4. The fourth-order valence-corrected chi connectivity index (χ4v) is 3.79. The highest BCUT2D eigenvalue weighted by molar-refractivity contribution is 7.10. The Labute approximate surface area is 147 Å². The van der Waals surface area contributed by atoms with Gasteiger partial charge in [-0.05, 0) is 74.1 Å². The molecule has 0 bridgehead atoms. The summed E-state index contributed by atoms with van der Waals surface area (Å²) in [5, 5.41) is 8.53. The number of anilines is 1. The van der Waals surface area contributed by atoms with E-state index >= 15 is 0 Å². The van der Waals surface area contributed by atoms with E-state index in [1.54, 1.807) is 11.3 Å². The van der Waals surface area contributed by atoms with Crippen LogP contribution in [0.2, 0.25) is 0 Å². The molecule has 1 aromatic heterocycles. The highest BCUT2D eigenvalue weighted by Crippen LogP contribution is 2.18. The summed E-state index contributed by atoms with van der Waals surface area (Å²) in [4.78, 5) is 15.9. The maximum atomic E-state index is 12.2. The molecular formula is C19H25N3OS. The maximum absolute atomic E-state index is 12.2. The molecule has 24 heavy (non-hydrogen) atoms. The van der Waals surface area contributed by atoms with Crippen molar-refractivity contribution in [1.82, 2.24) is 10.2 Å². The Kier molecular flexibility index (Phi) is 5.88. The summed E-state index contributed by atoms with van der Waals surface area (Å²) in [6.45, 7) is 6.95. The van der Waals surface area contributed by atoms with Crippen molar-refractivity contribution in [2.75, 3.05) is 31.5 Å². The van der Waals surface area contributed by atoms with Crippen LogP contribution in [0.15, 0.2) is 35.7 Å². The number of thiophene rings is 1. The van der Waals surface area contributed by atoms with Gasteiger partial charge in [-0.25, -0.2) is 0 Å². The summed E-state index contributed by atoms with van der Waals surface area (Å²) in [7, 11) is 0. The fraction of sp³-hybridized carbons (Fsp3) is 0.421. The predicted octanol–water partition coefficient (Wildman–Crippen LogP) is 3.49. The van der Waals surface area contributed by atoms with Crippen LogP contribution >= 0.6 is 11.3 Å². The van der Waals surface area contributed by atoms with E-state index in [9.17, 15) is 4.79 Å². The van der Waals surface area contributed by atoms with Gasteiger partial charge in [0.25, 0.3) is 5.91 Å². The van der Waals surface area contributed by atoms with Gasteiger partial charge in [0.2, 0.25) is 0 Å². The minimum atomic E-state index is 0.00912. The van der Waals surface area contributed by atoms with Gasteiger partial charge in [0.15, 0.2) is 0 Å². The van der Waals surface area contributed by atoms with Gasteiger partial charge in [-0.3, -0.25) is 4.79 Å². The molecule has 128 valence electrons. The largest absolute Gasteiger partial charge is 0.380 e. The van der Waals surface area contributed by atoms with Crippen LogP contribution in [0, 0.1) is 6.92 Å². The van der Waals surface area contributed by atoms with E-state index in [2.05, 4.69) is 33.9 Å².